The lowest BCUT2D eigenvalue weighted by molar-refractivity contribution is -0.136. The van der Waals surface area contributed by atoms with Crippen LogP contribution in [0.25, 0.3) is 11.0 Å². The summed E-state index contributed by atoms with van der Waals surface area (Å²) < 4.78 is 17.7. The molecule has 1 atom stereocenters. The minimum absolute atomic E-state index is 0.00218. The number of hydrogen-bond donors (Lipinski definition) is 1. The number of carbonyl (C=O) groups is 1. The summed E-state index contributed by atoms with van der Waals surface area (Å²) in [7, 11) is 0. The summed E-state index contributed by atoms with van der Waals surface area (Å²) in [6.45, 7) is 9.28. The predicted molar refractivity (Wildman–Crippen MR) is 112 cm³/mol. The van der Waals surface area contributed by atoms with Gasteiger partial charge < -0.3 is 19.2 Å². The van der Waals surface area contributed by atoms with Crippen LogP contribution in [0.5, 0.6) is 0 Å². The first kappa shape index (κ1) is 18.4. The van der Waals surface area contributed by atoms with Crippen LogP contribution in [0.4, 0.5) is 5.69 Å². The number of carbonyl (C=O) groups excluding carboxylic acids is 1. The van der Waals surface area contributed by atoms with Crippen LogP contribution in [0.2, 0.25) is 0 Å². The zero-order valence-electron chi connectivity index (χ0n) is 17.2. The largest absolute Gasteiger partial charge is 0.459 e. The zero-order chi connectivity index (χ0) is 20.4. The molecule has 2 aliphatic rings. The lowest BCUT2D eigenvalue weighted by atomic mass is 9.71. The Balaban J connectivity index is 1.49. The maximum Gasteiger partial charge on any atom is 0.197 e. The highest BCUT2D eigenvalue weighted by Gasteiger charge is 2.41. The Kier molecular flexibility index (Phi) is 3.92. The Hall–Kier alpha value is -2.63. The van der Waals surface area contributed by atoms with Crippen LogP contribution in [0.3, 0.4) is 0 Å². The van der Waals surface area contributed by atoms with Crippen molar-refractivity contribution in [1.29, 1.82) is 0 Å². The monoisotopic (exact) mass is 391 g/mol. The van der Waals surface area contributed by atoms with Crippen molar-refractivity contribution in [1.82, 2.24) is 0 Å². The Bertz CT molecular complexity index is 1130. The normalized spacial score (nSPS) is 21.8. The van der Waals surface area contributed by atoms with E-state index in [1.165, 1.54) is 0 Å². The Labute approximate surface area is 170 Å². The van der Waals surface area contributed by atoms with Crippen molar-refractivity contribution >= 4 is 22.4 Å². The molecule has 2 heterocycles. The van der Waals surface area contributed by atoms with E-state index in [-0.39, 0.29) is 11.9 Å². The maximum absolute atomic E-state index is 13.3. The zero-order valence-corrected chi connectivity index (χ0v) is 17.2. The molecule has 1 aliphatic heterocycles. The second kappa shape index (κ2) is 6.18. The molecule has 1 saturated heterocycles. The average molecular weight is 391 g/mol. The van der Waals surface area contributed by atoms with E-state index >= 15 is 0 Å². The molecule has 0 saturated carbocycles. The lowest BCUT2D eigenvalue weighted by Crippen LogP contribution is -2.30. The van der Waals surface area contributed by atoms with Gasteiger partial charge in [-0.2, -0.15) is 0 Å². The second-order valence-electron chi connectivity index (χ2n) is 8.85. The minimum Gasteiger partial charge on any atom is -0.459 e. The molecule has 1 aliphatic carbocycles. The molecule has 0 spiro atoms. The van der Waals surface area contributed by atoms with Crippen molar-refractivity contribution in [2.75, 3.05) is 18.5 Å². The third kappa shape index (κ3) is 2.88. The molecule has 29 heavy (non-hydrogen) atoms. The Morgan fingerprint density at radius 3 is 2.66 bits per heavy atom. The van der Waals surface area contributed by atoms with Gasteiger partial charge in [-0.15, -0.1) is 0 Å². The van der Waals surface area contributed by atoms with Crippen molar-refractivity contribution in [3.63, 3.8) is 0 Å². The number of anilines is 1. The summed E-state index contributed by atoms with van der Waals surface area (Å²) in [5.74, 6) is 0.233. The number of ketones is 1. The van der Waals surface area contributed by atoms with Crippen LogP contribution in [0.15, 0.2) is 46.9 Å². The van der Waals surface area contributed by atoms with Gasteiger partial charge in [0.2, 0.25) is 0 Å². The van der Waals surface area contributed by atoms with Gasteiger partial charge in [-0.1, -0.05) is 18.2 Å². The molecule has 5 rings (SSSR count). The van der Waals surface area contributed by atoms with E-state index in [4.69, 9.17) is 13.9 Å². The van der Waals surface area contributed by atoms with E-state index in [2.05, 4.69) is 25.2 Å². The van der Waals surface area contributed by atoms with Crippen molar-refractivity contribution < 1.29 is 18.7 Å². The summed E-state index contributed by atoms with van der Waals surface area (Å²) in [5.41, 5.74) is 3.70. The van der Waals surface area contributed by atoms with Crippen molar-refractivity contribution in [2.24, 2.45) is 0 Å². The van der Waals surface area contributed by atoms with Crippen LogP contribution in [-0.4, -0.2) is 30.8 Å². The average Bonchev–Trinajstić information content (AvgIpc) is 3.25. The summed E-state index contributed by atoms with van der Waals surface area (Å²) in [5, 5.41) is 4.31. The van der Waals surface area contributed by atoms with Gasteiger partial charge in [-0.25, -0.2) is 0 Å². The third-order valence-electron chi connectivity index (χ3n) is 5.93. The van der Waals surface area contributed by atoms with E-state index < -0.39 is 11.2 Å². The molecule has 150 valence electrons. The smallest absolute Gasteiger partial charge is 0.197 e. The van der Waals surface area contributed by atoms with Crippen LogP contribution < -0.4 is 5.32 Å². The van der Waals surface area contributed by atoms with Gasteiger partial charge in [0.15, 0.2) is 11.6 Å². The summed E-state index contributed by atoms with van der Waals surface area (Å²) in [6, 6.07) is 13.7. The van der Waals surface area contributed by atoms with Crippen LogP contribution in [-0.2, 0) is 14.9 Å². The molecular weight excluding hydrogens is 366 g/mol. The lowest BCUT2D eigenvalue weighted by Gasteiger charge is -2.31. The topological polar surface area (TPSA) is 60.7 Å². The Morgan fingerprint density at radius 1 is 1.10 bits per heavy atom. The highest BCUT2D eigenvalue weighted by Crippen LogP contribution is 2.45. The number of hydrogen-bond acceptors (Lipinski definition) is 5. The SMILES string of the molecule is CC1(C)OC[C@H](CNc2ccc3c(c2)C(C)(C)c2oc4ccccc4c2C3=O)O1. The van der Waals surface area contributed by atoms with Crippen LogP contribution in [0.1, 0.15) is 54.9 Å². The first-order chi connectivity index (χ1) is 13.8. The molecule has 0 unspecified atom stereocenters. The molecule has 5 nitrogen and oxygen atoms in total. The highest BCUT2D eigenvalue weighted by atomic mass is 16.7. The third-order valence-corrected chi connectivity index (χ3v) is 5.93. The second-order valence-corrected chi connectivity index (χ2v) is 8.85. The summed E-state index contributed by atoms with van der Waals surface area (Å²) in [4.78, 5) is 13.3. The summed E-state index contributed by atoms with van der Waals surface area (Å²) >= 11 is 0. The van der Waals surface area contributed by atoms with Crippen LogP contribution in [0, 0.1) is 0 Å². The van der Waals surface area contributed by atoms with E-state index in [1.807, 2.05) is 50.2 Å². The quantitative estimate of drug-likeness (QED) is 0.690. The number of rotatable bonds is 3. The van der Waals surface area contributed by atoms with E-state index in [9.17, 15) is 4.79 Å². The first-order valence-corrected chi connectivity index (χ1v) is 10.0. The molecule has 1 fully saturated rings. The van der Waals surface area contributed by atoms with E-state index in [0.717, 1.165) is 33.5 Å². The molecule has 5 heteroatoms. The predicted octanol–water partition coefficient (Wildman–Crippen LogP) is 4.87. The van der Waals surface area contributed by atoms with Crippen LogP contribution >= 0.6 is 0 Å². The number of furan rings is 1. The fourth-order valence-corrected chi connectivity index (χ4v) is 4.43. The molecular formula is C24H25NO4. The highest BCUT2D eigenvalue weighted by molar-refractivity contribution is 6.19. The van der Waals surface area contributed by atoms with Crippen molar-refractivity contribution in [2.45, 2.75) is 45.0 Å². The molecule has 0 amide bonds. The minimum atomic E-state index is -0.533. The number of para-hydroxylation sites is 1. The van der Waals surface area contributed by atoms with Crippen molar-refractivity contribution in [3.8, 4) is 0 Å². The number of benzene rings is 2. The van der Waals surface area contributed by atoms with Gasteiger partial charge in [0.05, 0.1) is 12.2 Å². The molecule has 0 bridgehead atoms. The van der Waals surface area contributed by atoms with Gasteiger partial charge in [-0.05, 0) is 57.5 Å². The Morgan fingerprint density at radius 2 is 1.90 bits per heavy atom. The fourth-order valence-electron chi connectivity index (χ4n) is 4.43. The van der Waals surface area contributed by atoms with Gasteiger partial charge in [-0.3, -0.25) is 4.79 Å². The molecule has 1 aromatic heterocycles. The summed E-state index contributed by atoms with van der Waals surface area (Å²) in [6.07, 6.45) is -0.00218. The maximum atomic E-state index is 13.3. The van der Waals surface area contributed by atoms with Gasteiger partial charge in [0.25, 0.3) is 0 Å². The van der Waals surface area contributed by atoms with E-state index in [0.29, 0.717) is 18.7 Å². The van der Waals surface area contributed by atoms with E-state index in [1.54, 1.807) is 0 Å². The molecule has 3 aromatic rings. The number of fused-ring (bicyclic) bond motifs is 4. The molecule has 1 N–H and O–H groups in total. The molecule has 2 aromatic carbocycles. The number of nitrogens with one attached hydrogen (secondary N) is 1. The van der Waals surface area contributed by atoms with Gasteiger partial charge in [0, 0.05) is 28.6 Å². The first-order valence-electron chi connectivity index (χ1n) is 10.0. The molecule has 0 radical (unpaired) electrons. The van der Waals surface area contributed by atoms with Crippen molar-refractivity contribution in [3.05, 3.63) is 64.9 Å². The van der Waals surface area contributed by atoms with Gasteiger partial charge >= 0.3 is 0 Å². The van der Waals surface area contributed by atoms with Gasteiger partial charge in [0.1, 0.15) is 17.4 Å². The standard InChI is InChI=1S/C24H25NO4/c1-23(2)18-11-14(25-12-15-13-27-24(3,4)29-15)9-10-16(18)21(26)20-17-7-5-6-8-19(17)28-22(20)23/h5-11,15,25H,12-13H2,1-4H3/t15-/m0/s1. The number of ether oxygens (including phenoxy) is 2. The fraction of sp³-hybridized carbons (Fsp3) is 0.375.